The molecule has 4 aromatic rings. The molecule has 0 amide bonds. The molecule has 2 N–H and O–H groups in total. The number of nitrogens with one attached hydrogen (secondary N) is 2. The molecule has 0 saturated heterocycles. The van der Waals surface area contributed by atoms with Crippen molar-refractivity contribution in [1.29, 1.82) is 0 Å². The third-order valence-electron chi connectivity index (χ3n) is 4.40. The number of halogens is 2. The van der Waals surface area contributed by atoms with Crippen LogP contribution in [0.15, 0.2) is 76.1 Å². The fourth-order valence-electron chi connectivity index (χ4n) is 2.98. The van der Waals surface area contributed by atoms with Gasteiger partial charge in [-0.2, -0.15) is 0 Å². The van der Waals surface area contributed by atoms with E-state index in [4.69, 9.17) is 16.3 Å². The van der Waals surface area contributed by atoms with Gasteiger partial charge < -0.3 is 10.1 Å². The first-order chi connectivity index (χ1) is 15.4. The largest absolute Gasteiger partial charge is 0.492 e. The second kappa shape index (κ2) is 9.32. The van der Waals surface area contributed by atoms with Crippen LogP contribution in [0.3, 0.4) is 0 Å². The summed E-state index contributed by atoms with van der Waals surface area (Å²) in [4.78, 5) is 9.06. The van der Waals surface area contributed by atoms with E-state index in [1.807, 2.05) is 12.1 Å². The molecule has 164 valence electrons. The summed E-state index contributed by atoms with van der Waals surface area (Å²) in [7, 11) is -4.05. The maximum atomic E-state index is 13.3. The van der Waals surface area contributed by atoms with Gasteiger partial charge in [-0.25, -0.2) is 18.4 Å². The summed E-state index contributed by atoms with van der Waals surface area (Å²) >= 11 is 9.29. The fourth-order valence-corrected chi connectivity index (χ4v) is 4.80. The van der Waals surface area contributed by atoms with Crippen LogP contribution in [0.1, 0.15) is 6.92 Å². The molecule has 0 atom stereocenters. The molecule has 7 nitrogen and oxygen atoms in total. The van der Waals surface area contributed by atoms with Crippen LogP contribution in [0.4, 0.5) is 17.3 Å². The Hall–Kier alpha value is -2.88. The number of sulfonamides is 1. The lowest BCUT2D eigenvalue weighted by Crippen LogP contribution is -2.17. The Morgan fingerprint density at radius 3 is 2.28 bits per heavy atom. The van der Waals surface area contributed by atoms with Gasteiger partial charge in [-0.15, -0.1) is 0 Å². The van der Waals surface area contributed by atoms with Gasteiger partial charge in [0.05, 0.1) is 17.6 Å². The van der Waals surface area contributed by atoms with Crippen molar-refractivity contribution in [1.82, 2.24) is 9.97 Å². The van der Waals surface area contributed by atoms with Gasteiger partial charge in [0, 0.05) is 15.2 Å². The van der Waals surface area contributed by atoms with Gasteiger partial charge >= 0.3 is 0 Å². The Balaban J connectivity index is 1.79. The van der Waals surface area contributed by atoms with Crippen LogP contribution in [0.25, 0.3) is 11.0 Å². The second-order valence-electron chi connectivity index (χ2n) is 6.67. The number of hydrogen-bond acceptors (Lipinski definition) is 6. The van der Waals surface area contributed by atoms with E-state index in [1.54, 1.807) is 55.5 Å². The van der Waals surface area contributed by atoms with Crippen LogP contribution in [-0.2, 0) is 10.0 Å². The van der Waals surface area contributed by atoms with Gasteiger partial charge in [-0.05, 0) is 61.5 Å². The first-order valence-electron chi connectivity index (χ1n) is 9.60. The van der Waals surface area contributed by atoms with E-state index < -0.39 is 10.0 Å². The Morgan fingerprint density at radius 2 is 1.62 bits per heavy atom. The number of rotatable bonds is 7. The minimum atomic E-state index is -4.05. The number of para-hydroxylation sites is 2. The number of hydrogen-bond donors (Lipinski definition) is 2. The molecule has 0 fully saturated rings. The molecule has 0 radical (unpaired) electrons. The highest BCUT2D eigenvalue weighted by Gasteiger charge is 2.23. The molecule has 0 spiro atoms. The summed E-state index contributed by atoms with van der Waals surface area (Å²) in [6, 6.07) is 19.0. The predicted molar refractivity (Wildman–Crippen MR) is 130 cm³/mol. The SMILES string of the molecule is CCOc1ccc(Br)cc1S(=O)(=O)Nc1nc2ccccc2nc1Nc1ccc(Cl)cc1. The lowest BCUT2D eigenvalue weighted by atomic mass is 10.3. The van der Waals surface area contributed by atoms with Crippen molar-refractivity contribution in [3.63, 3.8) is 0 Å². The van der Waals surface area contributed by atoms with E-state index in [0.717, 1.165) is 0 Å². The molecule has 0 aliphatic heterocycles. The summed E-state index contributed by atoms with van der Waals surface area (Å²) < 4.78 is 35.3. The lowest BCUT2D eigenvalue weighted by Gasteiger charge is -2.16. The molecule has 32 heavy (non-hydrogen) atoms. The summed E-state index contributed by atoms with van der Waals surface area (Å²) in [5.74, 6) is 0.549. The fraction of sp³-hybridized carbons (Fsp3) is 0.0909. The van der Waals surface area contributed by atoms with E-state index in [0.29, 0.717) is 32.8 Å². The Labute approximate surface area is 199 Å². The van der Waals surface area contributed by atoms with Crippen LogP contribution in [-0.4, -0.2) is 25.0 Å². The highest BCUT2D eigenvalue weighted by molar-refractivity contribution is 9.10. The highest BCUT2D eigenvalue weighted by atomic mass is 79.9. The summed E-state index contributed by atoms with van der Waals surface area (Å²) in [6.45, 7) is 2.11. The van der Waals surface area contributed by atoms with Crippen LogP contribution in [0.5, 0.6) is 5.75 Å². The molecule has 4 rings (SSSR count). The Morgan fingerprint density at radius 1 is 0.969 bits per heavy atom. The molecule has 0 unspecified atom stereocenters. The quantitative estimate of drug-likeness (QED) is 0.303. The number of benzene rings is 3. The van der Waals surface area contributed by atoms with Gasteiger partial charge in [-0.3, -0.25) is 4.72 Å². The lowest BCUT2D eigenvalue weighted by molar-refractivity contribution is 0.331. The van der Waals surface area contributed by atoms with Gasteiger partial charge in [0.15, 0.2) is 11.6 Å². The zero-order valence-corrected chi connectivity index (χ0v) is 20.0. The predicted octanol–water partition coefficient (Wildman–Crippen LogP) is 5.99. The van der Waals surface area contributed by atoms with E-state index in [1.165, 1.54) is 6.07 Å². The number of nitrogens with zero attached hydrogens (tertiary/aromatic N) is 2. The third kappa shape index (κ3) is 4.95. The van der Waals surface area contributed by atoms with Crippen LogP contribution in [0.2, 0.25) is 5.02 Å². The monoisotopic (exact) mass is 532 g/mol. The molecular formula is C22H18BrClN4O3S. The topological polar surface area (TPSA) is 93.2 Å². The molecule has 1 aromatic heterocycles. The van der Waals surface area contributed by atoms with Crippen LogP contribution >= 0.6 is 27.5 Å². The van der Waals surface area contributed by atoms with Gasteiger partial charge in [0.1, 0.15) is 10.6 Å². The smallest absolute Gasteiger partial charge is 0.266 e. The molecule has 3 aromatic carbocycles. The summed E-state index contributed by atoms with van der Waals surface area (Å²) in [5, 5.41) is 3.70. The molecule has 1 heterocycles. The number of ether oxygens (including phenoxy) is 1. The third-order valence-corrected chi connectivity index (χ3v) is 6.51. The minimum Gasteiger partial charge on any atom is -0.492 e. The first-order valence-corrected chi connectivity index (χ1v) is 12.3. The molecule has 0 saturated carbocycles. The second-order valence-corrected chi connectivity index (χ2v) is 9.67. The van der Waals surface area contributed by atoms with Crippen molar-refractivity contribution in [3.8, 4) is 5.75 Å². The molecular weight excluding hydrogens is 516 g/mol. The standard InChI is InChI=1S/C22H18BrClN4O3S/c1-2-31-19-12-7-14(23)13-20(19)32(29,30)28-22-21(25-16-10-8-15(24)9-11-16)26-17-5-3-4-6-18(17)27-22/h3-13H,2H2,1H3,(H,25,26)(H,27,28). The van der Waals surface area contributed by atoms with Gasteiger partial charge in [0.25, 0.3) is 10.0 Å². The van der Waals surface area contributed by atoms with Crippen LogP contribution in [0, 0.1) is 0 Å². The van der Waals surface area contributed by atoms with E-state index in [9.17, 15) is 8.42 Å². The normalized spacial score (nSPS) is 11.3. The number of aromatic nitrogens is 2. The summed E-state index contributed by atoms with van der Waals surface area (Å²) in [6.07, 6.45) is 0. The number of fused-ring (bicyclic) bond motifs is 1. The Bertz CT molecular complexity index is 1380. The molecule has 0 bridgehead atoms. The molecule has 0 aliphatic carbocycles. The van der Waals surface area contributed by atoms with Crippen molar-refractivity contribution in [2.24, 2.45) is 0 Å². The van der Waals surface area contributed by atoms with Crippen molar-refractivity contribution < 1.29 is 13.2 Å². The van der Waals surface area contributed by atoms with Crippen molar-refractivity contribution in [2.45, 2.75) is 11.8 Å². The van der Waals surface area contributed by atoms with Crippen molar-refractivity contribution >= 4 is 65.9 Å². The van der Waals surface area contributed by atoms with Gasteiger partial charge in [-0.1, -0.05) is 39.7 Å². The van der Waals surface area contributed by atoms with E-state index >= 15 is 0 Å². The van der Waals surface area contributed by atoms with E-state index in [-0.39, 0.29) is 22.3 Å². The summed E-state index contributed by atoms with van der Waals surface area (Å²) in [5.41, 5.74) is 1.84. The van der Waals surface area contributed by atoms with Crippen LogP contribution < -0.4 is 14.8 Å². The number of anilines is 3. The molecule has 0 aliphatic rings. The highest BCUT2D eigenvalue weighted by Crippen LogP contribution is 2.32. The Kier molecular flexibility index (Phi) is 6.50. The minimum absolute atomic E-state index is 0.0128. The van der Waals surface area contributed by atoms with E-state index in [2.05, 4.69) is 35.9 Å². The molecule has 10 heteroatoms. The maximum absolute atomic E-state index is 13.3. The van der Waals surface area contributed by atoms with Crippen molar-refractivity contribution in [2.75, 3.05) is 16.6 Å². The zero-order chi connectivity index (χ0) is 22.7. The average molecular weight is 534 g/mol. The van der Waals surface area contributed by atoms with Gasteiger partial charge in [0.2, 0.25) is 0 Å². The average Bonchev–Trinajstić information content (AvgIpc) is 2.77. The maximum Gasteiger partial charge on any atom is 0.266 e. The zero-order valence-electron chi connectivity index (χ0n) is 16.8. The van der Waals surface area contributed by atoms with Crippen molar-refractivity contribution in [3.05, 3.63) is 76.2 Å². The first kappa shape index (κ1) is 22.3.